The van der Waals surface area contributed by atoms with E-state index in [0.717, 1.165) is 0 Å². The Hall–Kier alpha value is -2.82. The van der Waals surface area contributed by atoms with Crippen molar-refractivity contribution in [3.05, 3.63) is 65.7 Å². The van der Waals surface area contributed by atoms with Crippen LogP contribution in [-0.4, -0.2) is 22.9 Å². The molecule has 0 aliphatic heterocycles. The number of halogens is 1. The maximum atomic E-state index is 13.9. The first-order valence-electron chi connectivity index (χ1n) is 6.29. The number of hydrogen-bond acceptors (Lipinski definition) is 4. The molecular weight excluding hydrogens is 271 g/mol. The van der Waals surface area contributed by atoms with Crippen molar-refractivity contribution in [2.75, 3.05) is 7.11 Å². The van der Waals surface area contributed by atoms with E-state index in [1.807, 2.05) is 6.07 Å². The van der Waals surface area contributed by atoms with Crippen LogP contribution in [0.1, 0.15) is 16.1 Å². The summed E-state index contributed by atoms with van der Waals surface area (Å²) in [5, 5.41) is 0. The molecule has 0 radical (unpaired) electrons. The van der Waals surface area contributed by atoms with E-state index in [-0.39, 0.29) is 11.3 Å². The molecule has 3 rings (SSSR count). The molecule has 5 heteroatoms. The molecule has 0 N–H and O–H groups in total. The number of fused-ring (bicyclic) bond motifs is 1. The predicted octanol–water partition coefficient (Wildman–Crippen LogP) is 3.01. The van der Waals surface area contributed by atoms with E-state index in [1.165, 1.54) is 31.5 Å². The fraction of sp³-hybridized carbons (Fsp3) is 0.0625. The van der Waals surface area contributed by atoms with Crippen molar-refractivity contribution >= 4 is 16.8 Å². The number of ketones is 1. The zero-order chi connectivity index (χ0) is 14.8. The van der Waals surface area contributed by atoms with Gasteiger partial charge in [-0.2, -0.15) is 0 Å². The Morgan fingerprint density at radius 1 is 1.14 bits per heavy atom. The van der Waals surface area contributed by atoms with Gasteiger partial charge in [-0.05, 0) is 24.3 Å². The van der Waals surface area contributed by atoms with E-state index in [4.69, 9.17) is 4.74 Å². The Kier molecular flexibility index (Phi) is 3.31. The molecule has 0 atom stereocenters. The van der Waals surface area contributed by atoms with Gasteiger partial charge in [0.05, 0.1) is 29.9 Å². The minimum absolute atomic E-state index is 0.0552. The first-order valence-corrected chi connectivity index (χ1v) is 6.29. The molecule has 0 aliphatic rings. The fourth-order valence-corrected chi connectivity index (χ4v) is 2.01. The average Bonchev–Trinajstić information content (AvgIpc) is 2.53. The molecule has 3 aromatic rings. The number of hydrogen-bond donors (Lipinski definition) is 0. The van der Waals surface area contributed by atoms with Gasteiger partial charge in [0.2, 0.25) is 5.78 Å². The molecule has 4 nitrogen and oxygen atoms in total. The molecular formula is C16H11FN2O2. The summed E-state index contributed by atoms with van der Waals surface area (Å²) in [6, 6.07) is 11.3. The topological polar surface area (TPSA) is 52.1 Å². The average molecular weight is 282 g/mol. The van der Waals surface area contributed by atoms with Gasteiger partial charge >= 0.3 is 0 Å². The number of aromatic nitrogens is 2. The maximum absolute atomic E-state index is 13.9. The van der Waals surface area contributed by atoms with Crippen LogP contribution < -0.4 is 4.74 Å². The van der Waals surface area contributed by atoms with Crippen molar-refractivity contribution in [3.63, 3.8) is 0 Å². The van der Waals surface area contributed by atoms with E-state index in [2.05, 4.69) is 9.97 Å². The molecule has 21 heavy (non-hydrogen) atoms. The number of benzene rings is 2. The number of methoxy groups -OCH3 is 1. The first-order chi connectivity index (χ1) is 10.2. The molecule has 0 saturated heterocycles. The summed E-state index contributed by atoms with van der Waals surface area (Å²) < 4.78 is 18.9. The van der Waals surface area contributed by atoms with Crippen molar-refractivity contribution in [2.45, 2.75) is 0 Å². The van der Waals surface area contributed by atoms with Gasteiger partial charge in [0.1, 0.15) is 17.3 Å². The molecule has 104 valence electrons. The zero-order valence-electron chi connectivity index (χ0n) is 11.2. The van der Waals surface area contributed by atoms with Crippen LogP contribution in [0.2, 0.25) is 0 Å². The van der Waals surface area contributed by atoms with Gasteiger partial charge in [0.25, 0.3) is 0 Å². The van der Waals surface area contributed by atoms with Crippen molar-refractivity contribution < 1.29 is 13.9 Å². The minimum atomic E-state index is -0.644. The molecule has 0 unspecified atom stereocenters. The van der Waals surface area contributed by atoms with Gasteiger partial charge in [-0.3, -0.25) is 9.78 Å². The summed E-state index contributed by atoms with van der Waals surface area (Å²) in [5.74, 6) is -0.795. The van der Waals surface area contributed by atoms with Gasteiger partial charge in [0.15, 0.2) is 0 Å². The van der Waals surface area contributed by atoms with Crippen molar-refractivity contribution in [1.82, 2.24) is 9.97 Å². The number of carbonyl (C=O) groups is 1. The highest BCUT2D eigenvalue weighted by molar-refractivity contribution is 6.08. The quantitative estimate of drug-likeness (QED) is 0.693. The summed E-state index contributed by atoms with van der Waals surface area (Å²) in [4.78, 5) is 20.7. The lowest BCUT2D eigenvalue weighted by Gasteiger charge is -2.05. The molecule has 0 aliphatic carbocycles. The van der Waals surface area contributed by atoms with Crippen LogP contribution in [-0.2, 0) is 0 Å². The van der Waals surface area contributed by atoms with E-state index in [1.54, 1.807) is 18.2 Å². The van der Waals surface area contributed by atoms with E-state index >= 15 is 0 Å². The summed E-state index contributed by atoms with van der Waals surface area (Å²) in [5.41, 5.74) is 1.33. The molecule has 2 aromatic carbocycles. The van der Waals surface area contributed by atoms with Gasteiger partial charge in [0, 0.05) is 6.07 Å². The highest BCUT2D eigenvalue weighted by Gasteiger charge is 2.16. The summed E-state index contributed by atoms with van der Waals surface area (Å²) >= 11 is 0. The highest BCUT2D eigenvalue weighted by atomic mass is 19.1. The Labute approximate surface area is 120 Å². The Morgan fingerprint density at radius 3 is 2.62 bits per heavy atom. The fourth-order valence-electron chi connectivity index (χ4n) is 2.01. The molecule has 0 bridgehead atoms. The molecule has 0 amide bonds. The second kappa shape index (κ2) is 5.28. The summed E-state index contributed by atoms with van der Waals surface area (Å²) in [6.45, 7) is 0. The van der Waals surface area contributed by atoms with E-state index in [9.17, 15) is 9.18 Å². The van der Waals surface area contributed by atoms with E-state index in [0.29, 0.717) is 16.8 Å². The van der Waals surface area contributed by atoms with E-state index < -0.39 is 11.6 Å². The van der Waals surface area contributed by atoms with Crippen LogP contribution in [0.4, 0.5) is 4.39 Å². The number of rotatable bonds is 3. The third kappa shape index (κ3) is 2.45. The number of carbonyl (C=O) groups excluding carboxylic acids is 1. The Morgan fingerprint density at radius 2 is 1.90 bits per heavy atom. The van der Waals surface area contributed by atoms with Gasteiger partial charge in [-0.15, -0.1) is 0 Å². The largest absolute Gasteiger partial charge is 0.497 e. The lowest BCUT2D eigenvalue weighted by molar-refractivity contribution is 0.103. The number of para-hydroxylation sites is 2. The maximum Gasteiger partial charge on any atom is 0.215 e. The Bertz CT molecular complexity index is 833. The predicted molar refractivity (Wildman–Crippen MR) is 75.9 cm³/mol. The number of nitrogens with zero attached hydrogens (tertiary/aromatic N) is 2. The second-order valence-corrected chi connectivity index (χ2v) is 4.42. The Balaban J connectivity index is 2.03. The van der Waals surface area contributed by atoms with Crippen molar-refractivity contribution in [1.29, 1.82) is 0 Å². The lowest BCUT2D eigenvalue weighted by Crippen LogP contribution is -2.07. The first kappa shape index (κ1) is 13.2. The highest BCUT2D eigenvalue weighted by Crippen LogP contribution is 2.19. The summed E-state index contributed by atoms with van der Waals surface area (Å²) in [7, 11) is 1.44. The lowest BCUT2D eigenvalue weighted by atomic mass is 10.1. The molecule has 0 fully saturated rings. The normalized spacial score (nSPS) is 10.6. The van der Waals surface area contributed by atoms with Crippen LogP contribution in [0, 0.1) is 5.82 Å². The number of ether oxygens (including phenoxy) is 1. The van der Waals surface area contributed by atoms with Crippen LogP contribution in [0.15, 0.2) is 48.7 Å². The van der Waals surface area contributed by atoms with Crippen LogP contribution in [0.5, 0.6) is 5.75 Å². The summed E-state index contributed by atoms with van der Waals surface area (Å²) in [6.07, 6.45) is 1.36. The molecule has 1 heterocycles. The monoisotopic (exact) mass is 282 g/mol. The van der Waals surface area contributed by atoms with Gasteiger partial charge < -0.3 is 4.74 Å². The van der Waals surface area contributed by atoms with Crippen LogP contribution in [0.25, 0.3) is 11.0 Å². The van der Waals surface area contributed by atoms with Crippen LogP contribution in [0.3, 0.4) is 0 Å². The van der Waals surface area contributed by atoms with Gasteiger partial charge in [-0.25, -0.2) is 9.37 Å². The standard InChI is InChI=1S/C16H11FN2O2/c1-21-10-6-7-11(12(17)8-10)16(20)15-9-18-13-4-2-3-5-14(13)19-15/h2-9H,1H3. The molecule has 0 spiro atoms. The molecule has 0 saturated carbocycles. The van der Waals surface area contributed by atoms with Crippen molar-refractivity contribution in [2.24, 2.45) is 0 Å². The van der Waals surface area contributed by atoms with Crippen molar-refractivity contribution in [3.8, 4) is 5.75 Å². The smallest absolute Gasteiger partial charge is 0.215 e. The SMILES string of the molecule is COc1ccc(C(=O)c2cnc3ccccc3n2)c(F)c1. The third-order valence-electron chi connectivity index (χ3n) is 3.10. The van der Waals surface area contributed by atoms with Gasteiger partial charge in [-0.1, -0.05) is 12.1 Å². The molecule has 1 aromatic heterocycles. The minimum Gasteiger partial charge on any atom is -0.497 e. The second-order valence-electron chi connectivity index (χ2n) is 4.42. The van der Waals surface area contributed by atoms with Crippen LogP contribution >= 0.6 is 0 Å². The third-order valence-corrected chi connectivity index (χ3v) is 3.10. The zero-order valence-corrected chi connectivity index (χ0v) is 11.2.